The van der Waals surface area contributed by atoms with Gasteiger partial charge in [-0.15, -0.1) is 0 Å². The predicted octanol–water partition coefficient (Wildman–Crippen LogP) is 1.82. The molecule has 1 atom stereocenters. The van der Waals surface area contributed by atoms with Gasteiger partial charge in [0.1, 0.15) is 18.5 Å². The molecular formula is C18H22N2O3. The number of hydrogen-bond donors (Lipinski definition) is 1. The number of morpholine rings is 1. The molecule has 1 fully saturated rings. The summed E-state index contributed by atoms with van der Waals surface area (Å²) in [5.74, 6) is 0.778. The zero-order valence-electron chi connectivity index (χ0n) is 13.1. The van der Waals surface area contributed by atoms with Crippen LogP contribution < -0.4 is 4.74 Å². The van der Waals surface area contributed by atoms with E-state index in [-0.39, 0.29) is 6.61 Å². The van der Waals surface area contributed by atoms with Crippen molar-refractivity contribution in [3.8, 4) is 16.9 Å². The minimum atomic E-state index is -0.515. The average molecular weight is 314 g/mol. The zero-order valence-corrected chi connectivity index (χ0v) is 13.1. The summed E-state index contributed by atoms with van der Waals surface area (Å²) < 4.78 is 11.2. The van der Waals surface area contributed by atoms with E-state index in [4.69, 9.17) is 9.47 Å². The van der Waals surface area contributed by atoms with E-state index in [0.717, 1.165) is 43.2 Å². The third kappa shape index (κ3) is 4.51. The monoisotopic (exact) mass is 314 g/mol. The van der Waals surface area contributed by atoms with Gasteiger partial charge in [-0.25, -0.2) is 0 Å². The molecular weight excluding hydrogens is 292 g/mol. The van der Waals surface area contributed by atoms with Crippen LogP contribution in [0.3, 0.4) is 0 Å². The van der Waals surface area contributed by atoms with E-state index < -0.39 is 6.10 Å². The van der Waals surface area contributed by atoms with Gasteiger partial charge in [-0.2, -0.15) is 0 Å². The van der Waals surface area contributed by atoms with Crippen molar-refractivity contribution in [2.75, 3.05) is 39.5 Å². The molecule has 2 aromatic rings. The molecule has 23 heavy (non-hydrogen) atoms. The zero-order chi connectivity index (χ0) is 15.9. The van der Waals surface area contributed by atoms with E-state index in [1.165, 1.54) is 0 Å². The molecule has 0 unspecified atom stereocenters. The lowest BCUT2D eigenvalue weighted by atomic mass is 10.1. The molecule has 5 heteroatoms. The van der Waals surface area contributed by atoms with Crippen LogP contribution in [0.2, 0.25) is 0 Å². The number of β-amino-alcohol motifs (C(OH)–C–C–N with tert-alkyl or cyclic N) is 1. The highest BCUT2D eigenvalue weighted by Gasteiger charge is 2.16. The Bertz CT molecular complexity index is 600. The Kier molecular flexibility index (Phi) is 5.58. The quantitative estimate of drug-likeness (QED) is 0.881. The van der Waals surface area contributed by atoms with Crippen molar-refractivity contribution >= 4 is 0 Å². The fourth-order valence-corrected chi connectivity index (χ4v) is 2.68. The van der Waals surface area contributed by atoms with Gasteiger partial charge in [0.2, 0.25) is 0 Å². The summed E-state index contributed by atoms with van der Waals surface area (Å²) in [6.07, 6.45) is 3.01. The Labute approximate surface area is 136 Å². The van der Waals surface area contributed by atoms with Crippen molar-refractivity contribution in [2.24, 2.45) is 0 Å². The molecule has 0 radical (unpaired) electrons. The molecule has 3 rings (SSSR count). The molecule has 1 aromatic heterocycles. The Hall–Kier alpha value is -1.95. The van der Waals surface area contributed by atoms with Crippen molar-refractivity contribution in [1.29, 1.82) is 0 Å². The number of aliphatic hydroxyl groups is 1. The molecule has 0 aliphatic carbocycles. The van der Waals surface area contributed by atoms with E-state index in [0.29, 0.717) is 6.54 Å². The van der Waals surface area contributed by atoms with Crippen LogP contribution >= 0.6 is 0 Å². The molecule has 1 saturated heterocycles. The number of aromatic nitrogens is 1. The molecule has 0 saturated carbocycles. The summed E-state index contributed by atoms with van der Waals surface area (Å²) in [5, 5.41) is 10.2. The first-order chi connectivity index (χ1) is 11.3. The topological polar surface area (TPSA) is 54.8 Å². The van der Waals surface area contributed by atoms with Crippen LogP contribution in [0.5, 0.6) is 5.75 Å². The van der Waals surface area contributed by atoms with Crippen LogP contribution in [0.25, 0.3) is 11.1 Å². The molecule has 0 spiro atoms. The summed E-state index contributed by atoms with van der Waals surface area (Å²) in [4.78, 5) is 6.24. The van der Waals surface area contributed by atoms with E-state index in [1.54, 1.807) is 12.4 Å². The molecule has 1 aromatic carbocycles. The van der Waals surface area contributed by atoms with E-state index in [1.807, 2.05) is 36.4 Å². The first-order valence-electron chi connectivity index (χ1n) is 7.93. The van der Waals surface area contributed by atoms with Gasteiger partial charge < -0.3 is 14.6 Å². The second kappa shape index (κ2) is 8.06. The van der Waals surface area contributed by atoms with Crippen LogP contribution in [0, 0.1) is 0 Å². The highest BCUT2D eigenvalue weighted by Crippen LogP contribution is 2.29. The van der Waals surface area contributed by atoms with Crippen molar-refractivity contribution in [2.45, 2.75) is 6.10 Å². The van der Waals surface area contributed by atoms with E-state index in [2.05, 4.69) is 9.88 Å². The van der Waals surface area contributed by atoms with E-state index in [9.17, 15) is 5.11 Å². The first kappa shape index (κ1) is 15.9. The molecule has 1 N–H and O–H groups in total. The third-order valence-corrected chi connectivity index (χ3v) is 3.88. The van der Waals surface area contributed by atoms with Gasteiger partial charge in [-0.05, 0) is 23.8 Å². The van der Waals surface area contributed by atoms with Crippen molar-refractivity contribution in [1.82, 2.24) is 9.88 Å². The number of rotatable bonds is 6. The molecule has 122 valence electrons. The van der Waals surface area contributed by atoms with Gasteiger partial charge in [0.25, 0.3) is 0 Å². The van der Waals surface area contributed by atoms with Crippen LogP contribution in [0.15, 0.2) is 48.8 Å². The summed E-state index contributed by atoms with van der Waals surface area (Å²) in [5.41, 5.74) is 2.06. The molecule has 2 heterocycles. The lowest BCUT2D eigenvalue weighted by Crippen LogP contribution is -2.42. The van der Waals surface area contributed by atoms with E-state index >= 15 is 0 Å². The summed E-state index contributed by atoms with van der Waals surface area (Å²) >= 11 is 0. The lowest BCUT2D eigenvalue weighted by molar-refractivity contribution is 0.00471. The van der Waals surface area contributed by atoms with Crippen molar-refractivity contribution < 1.29 is 14.6 Å². The second-order valence-corrected chi connectivity index (χ2v) is 5.61. The second-order valence-electron chi connectivity index (χ2n) is 5.61. The van der Waals surface area contributed by atoms with Gasteiger partial charge in [0.15, 0.2) is 0 Å². The largest absolute Gasteiger partial charge is 0.490 e. The predicted molar refractivity (Wildman–Crippen MR) is 88.4 cm³/mol. The lowest BCUT2D eigenvalue weighted by Gasteiger charge is -2.28. The maximum absolute atomic E-state index is 10.2. The third-order valence-electron chi connectivity index (χ3n) is 3.88. The smallest absolute Gasteiger partial charge is 0.127 e. The summed E-state index contributed by atoms with van der Waals surface area (Å²) in [6.45, 7) is 4.09. The SMILES string of the molecule is O[C@H](COc1ccccc1-c1ccncc1)CN1CCOCC1. The van der Waals surface area contributed by atoms with Gasteiger partial charge in [-0.3, -0.25) is 9.88 Å². The van der Waals surface area contributed by atoms with Crippen LogP contribution in [0.4, 0.5) is 0 Å². The summed E-state index contributed by atoms with van der Waals surface area (Å²) in [7, 11) is 0. The number of nitrogens with zero attached hydrogens (tertiary/aromatic N) is 2. The molecule has 5 nitrogen and oxygen atoms in total. The minimum absolute atomic E-state index is 0.277. The van der Waals surface area contributed by atoms with Crippen LogP contribution in [-0.2, 0) is 4.74 Å². The molecule has 0 bridgehead atoms. The number of benzene rings is 1. The van der Waals surface area contributed by atoms with Crippen molar-refractivity contribution in [3.05, 3.63) is 48.8 Å². The number of ether oxygens (including phenoxy) is 2. The van der Waals surface area contributed by atoms with Crippen molar-refractivity contribution in [3.63, 3.8) is 0 Å². The standard InChI is InChI=1S/C18H22N2O3/c21-16(13-20-9-11-22-12-10-20)14-23-18-4-2-1-3-17(18)15-5-7-19-8-6-15/h1-8,16,21H,9-14H2/t16-/m0/s1. The average Bonchev–Trinajstić information content (AvgIpc) is 2.62. The molecule has 1 aliphatic heterocycles. The maximum atomic E-state index is 10.2. The number of pyridine rings is 1. The Morgan fingerprint density at radius 2 is 1.87 bits per heavy atom. The fourth-order valence-electron chi connectivity index (χ4n) is 2.68. The highest BCUT2D eigenvalue weighted by atomic mass is 16.5. The number of para-hydroxylation sites is 1. The molecule has 1 aliphatic rings. The van der Waals surface area contributed by atoms with Crippen LogP contribution in [-0.4, -0.2) is 60.5 Å². The maximum Gasteiger partial charge on any atom is 0.127 e. The van der Waals surface area contributed by atoms with Gasteiger partial charge in [0.05, 0.1) is 13.2 Å². The Morgan fingerprint density at radius 3 is 2.65 bits per heavy atom. The Balaban J connectivity index is 1.60. The molecule has 0 amide bonds. The first-order valence-corrected chi connectivity index (χ1v) is 7.93. The van der Waals surface area contributed by atoms with Gasteiger partial charge in [-0.1, -0.05) is 18.2 Å². The number of hydrogen-bond acceptors (Lipinski definition) is 5. The van der Waals surface area contributed by atoms with Crippen LogP contribution in [0.1, 0.15) is 0 Å². The highest BCUT2D eigenvalue weighted by molar-refractivity contribution is 5.69. The summed E-state index contributed by atoms with van der Waals surface area (Å²) in [6, 6.07) is 11.8. The Morgan fingerprint density at radius 1 is 1.13 bits per heavy atom. The normalized spacial score (nSPS) is 16.9. The fraction of sp³-hybridized carbons (Fsp3) is 0.389. The van der Waals surface area contributed by atoms with Gasteiger partial charge >= 0.3 is 0 Å². The minimum Gasteiger partial charge on any atom is -0.490 e. The number of aliphatic hydroxyl groups excluding tert-OH is 1. The van der Waals surface area contributed by atoms with Gasteiger partial charge in [0, 0.05) is 37.6 Å².